The van der Waals surface area contributed by atoms with Crippen molar-refractivity contribution in [2.45, 2.75) is 57.5 Å². The average molecular weight is 389 g/mol. The third-order valence-electron chi connectivity index (χ3n) is 5.19. The highest BCUT2D eigenvalue weighted by Gasteiger charge is 2.21. The van der Waals surface area contributed by atoms with Crippen LogP contribution in [0.2, 0.25) is 0 Å². The Labute approximate surface area is 168 Å². The Balaban J connectivity index is 1.88. The van der Waals surface area contributed by atoms with Crippen molar-refractivity contribution in [1.29, 1.82) is 0 Å². The molecule has 7 nitrogen and oxygen atoms in total. The van der Waals surface area contributed by atoms with Crippen LogP contribution in [0.3, 0.4) is 0 Å². The monoisotopic (exact) mass is 388 g/mol. The van der Waals surface area contributed by atoms with E-state index in [0.29, 0.717) is 13.0 Å². The number of hydrogen-bond donors (Lipinski definition) is 4. The van der Waals surface area contributed by atoms with Crippen molar-refractivity contribution in [2.75, 3.05) is 26.2 Å². The van der Waals surface area contributed by atoms with E-state index in [1.165, 1.54) is 24.8 Å². The lowest BCUT2D eigenvalue weighted by Gasteiger charge is -2.31. The zero-order chi connectivity index (χ0) is 20.4. The lowest BCUT2D eigenvalue weighted by molar-refractivity contribution is -0.123. The van der Waals surface area contributed by atoms with Crippen LogP contribution in [-0.4, -0.2) is 55.0 Å². The summed E-state index contributed by atoms with van der Waals surface area (Å²) in [5.41, 5.74) is 19.2. The van der Waals surface area contributed by atoms with Crippen LogP contribution >= 0.6 is 0 Å². The molecule has 7 heteroatoms. The first kappa shape index (κ1) is 22.2. The molecule has 1 aromatic rings. The summed E-state index contributed by atoms with van der Waals surface area (Å²) in [5.74, 6) is 0.0150. The Kier molecular flexibility index (Phi) is 9.23. The van der Waals surface area contributed by atoms with E-state index < -0.39 is 6.04 Å². The number of nitrogens with two attached hydrogens (primary N) is 3. The Morgan fingerprint density at radius 3 is 2.50 bits per heavy atom. The molecule has 0 aliphatic carbocycles. The van der Waals surface area contributed by atoms with Crippen LogP contribution in [0.15, 0.2) is 29.3 Å². The average Bonchev–Trinajstić information content (AvgIpc) is 2.67. The molecule has 7 N–H and O–H groups in total. The summed E-state index contributed by atoms with van der Waals surface area (Å²) < 4.78 is 0. The molecule has 1 aliphatic heterocycles. The summed E-state index contributed by atoms with van der Waals surface area (Å²) in [6, 6.07) is 7.66. The second kappa shape index (κ2) is 11.7. The molecule has 0 aromatic heterocycles. The number of aryl methyl sites for hydroxylation is 1. The normalized spacial score (nSPS) is 16.9. The van der Waals surface area contributed by atoms with Gasteiger partial charge in [0.25, 0.3) is 0 Å². The number of nitrogens with zero attached hydrogens (tertiary/aromatic N) is 2. The molecule has 1 fully saturated rings. The van der Waals surface area contributed by atoms with Gasteiger partial charge in [0.15, 0.2) is 5.96 Å². The molecule has 1 unspecified atom stereocenters. The number of carbonyl (C=O) groups excluding carboxylic acids is 1. The van der Waals surface area contributed by atoms with Crippen molar-refractivity contribution in [1.82, 2.24) is 10.2 Å². The molecule has 0 radical (unpaired) electrons. The molecular weight excluding hydrogens is 352 g/mol. The number of guanidine groups is 1. The first-order chi connectivity index (χ1) is 13.4. The SMILES string of the molecule is Cc1ccc(C[C@@H](N)C(=O)NC(CCCN=C(N)N)CN2CCCCC2)cc1. The number of likely N-dealkylation sites (tertiary alicyclic amines) is 1. The van der Waals surface area contributed by atoms with Crippen molar-refractivity contribution in [3.8, 4) is 0 Å². The van der Waals surface area contributed by atoms with Gasteiger partial charge in [-0.3, -0.25) is 9.79 Å². The number of hydrogen-bond acceptors (Lipinski definition) is 4. The zero-order valence-corrected chi connectivity index (χ0v) is 17.1. The number of nitrogens with one attached hydrogen (secondary N) is 1. The first-order valence-electron chi connectivity index (χ1n) is 10.3. The highest BCUT2D eigenvalue weighted by molar-refractivity contribution is 5.82. The van der Waals surface area contributed by atoms with Crippen LogP contribution in [0.1, 0.15) is 43.2 Å². The van der Waals surface area contributed by atoms with Gasteiger partial charge in [-0.05, 0) is 57.7 Å². The molecule has 1 heterocycles. The highest BCUT2D eigenvalue weighted by Crippen LogP contribution is 2.11. The van der Waals surface area contributed by atoms with Gasteiger partial charge in [-0.1, -0.05) is 36.2 Å². The molecule has 1 aliphatic rings. The zero-order valence-electron chi connectivity index (χ0n) is 17.1. The fourth-order valence-electron chi connectivity index (χ4n) is 3.59. The quantitative estimate of drug-likeness (QED) is 0.269. The number of rotatable bonds is 10. The Bertz CT molecular complexity index is 620. The van der Waals surface area contributed by atoms with Crippen LogP contribution in [0, 0.1) is 6.92 Å². The van der Waals surface area contributed by atoms with Crippen molar-refractivity contribution in [2.24, 2.45) is 22.2 Å². The molecule has 2 rings (SSSR count). The summed E-state index contributed by atoms with van der Waals surface area (Å²) in [6.45, 7) is 5.66. The third-order valence-corrected chi connectivity index (χ3v) is 5.19. The van der Waals surface area contributed by atoms with Gasteiger partial charge < -0.3 is 27.4 Å². The predicted molar refractivity (Wildman–Crippen MR) is 115 cm³/mol. The Morgan fingerprint density at radius 1 is 1.18 bits per heavy atom. The van der Waals surface area contributed by atoms with Crippen LogP contribution < -0.4 is 22.5 Å². The van der Waals surface area contributed by atoms with Gasteiger partial charge in [0.05, 0.1) is 6.04 Å². The van der Waals surface area contributed by atoms with E-state index in [-0.39, 0.29) is 17.9 Å². The van der Waals surface area contributed by atoms with Crippen LogP contribution in [0.25, 0.3) is 0 Å². The molecule has 0 saturated carbocycles. The van der Waals surface area contributed by atoms with E-state index in [1.54, 1.807) is 0 Å². The molecule has 0 bridgehead atoms. The standard InChI is InChI=1S/C21H36N6O/c1-16-7-9-17(10-8-16)14-19(22)20(28)26-18(6-5-11-25-21(23)24)15-27-12-3-2-4-13-27/h7-10,18-19H,2-6,11-15,22H2,1H3,(H,26,28)(H4,23,24,25)/t18?,19-/m1/s1. The van der Waals surface area contributed by atoms with Crippen molar-refractivity contribution < 1.29 is 4.79 Å². The van der Waals surface area contributed by atoms with E-state index in [9.17, 15) is 4.79 Å². The number of benzene rings is 1. The summed E-state index contributed by atoms with van der Waals surface area (Å²) in [7, 11) is 0. The minimum Gasteiger partial charge on any atom is -0.370 e. The van der Waals surface area contributed by atoms with Crippen LogP contribution in [0.5, 0.6) is 0 Å². The number of amides is 1. The van der Waals surface area contributed by atoms with Crippen molar-refractivity contribution >= 4 is 11.9 Å². The van der Waals surface area contributed by atoms with Crippen LogP contribution in [0.4, 0.5) is 0 Å². The van der Waals surface area contributed by atoms with Crippen molar-refractivity contribution in [3.05, 3.63) is 35.4 Å². The van der Waals surface area contributed by atoms with Crippen molar-refractivity contribution in [3.63, 3.8) is 0 Å². The fraction of sp³-hybridized carbons (Fsp3) is 0.619. The highest BCUT2D eigenvalue weighted by atomic mass is 16.2. The number of carbonyl (C=O) groups is 1. The van der Waals surface area contributed by atoms with E-state index in [1.807, 2.05) is 31.2 Å². The van der Waals surface area contributed by atoms with Gasteiger partial charge in [0.1, 0.15) is 0 Å². The molecule has 0 spiro atoms. The summed E-state index contributed by atoms with van der Waals surface area (Å²) >= 11 is 0. The summed E-state index contributed by atoms with van der Waals surface area (Å²) in [4.78, 5) is 19.2. The Hall–Kier alpha value is -2.12. The van der Waals surface area contributed by atoms with Gasteiger partial charge in [0.2, 0.25) is 5.91 Å². The smallest absolute Gasteiger partial charge is 0.237 e. The summed E-state index contributed by atoms with van der Waals surface area (Å²) in [5, 5.41) is 3.17. The fourth-order valence-corrected chi connectivity index (χ4v) is 3.59. The lowest BCUT2D eigenvalue weighted by Crippen LogP contribution is -2.50. The molecule has 28 heavy (non-hydrogen) atoms. The number of aliphatic imine (C=N–C) groups is 1. The maximum atomic E-state index is 12.7. The predicted octanol–water partition coefficient (Wildman–Crippen LogP) is 0.889. The molecule has 2 atom stereocenters. The molecular formula is C21H36N6O. The third kappa shape index (κ3) is 8.27. The van der Waals surface area contributed by atoms with Crippen LogP contribution in [-0.2, 0) is 11.2 Å². The summed E-state index contributed by atoms with van der Waals surface area (Å²) in [6.07, 6.45) is 5.93. The van der Waals surface area contributed by atoms with Gasteiger partial charge in [-0.15, -0.1) is 0 Å². The largest absolute Gasteiger partial charge is 0.370 e. The van der Waals surface area contributed by atoms with Gasteiger partial charge in [-0.2, -0.15) is 0 Å². The minimum absolute atomic E-state index is 0.0591. The van der Waals surface area contributed by atoms with Gasteiger partial charge in [0, 0.05) is 19.1 Å². The first-order valence-corrected chi connectivity index (χ1v) is 10.3. The van der Waals surface area contributed by atoms with E-state index in [4.69, 9.17) is 17.2 Å². The van der Waals surface area contributed by atoms with E-state index >= 15 is 0 Å². The van der Waals surface area contributed by atoms with E-state index in [2.05, 4.69) is 15.2 Å². The maximum Gasteiger partial charge on any atom is 0.237 e. The molecule has 1 amide bonds. The van der Waals surface area contributed by atoms with Gasteiger partial charge in [-0.25, -0.2) is 0 Å². The molecule has 1 saturated heterocycles. The lowest BCUT2D eigenvalue weighted by atomic mass is 10.0. The van der Waals surface area contributed by atoms with E-state index in [0.717, 1.165) is 38.0 Å². The number of piperidine rings is 1. The molecule has 1 aromatic carbocycles. The maximum absolute atomic E-state index is 12.7. The second-order valence-electron chi connectivity index (χ2n) is 7.81. The minimum atomic E-state index is -0.552. The topological polar surface area (TPSA) is 123 Å². The van der Waals surface area contributed by atoms with Gasteiger partial charge >= 0.3 is 0 Å². The second-order valence-corrected chi connectivity index (χ2v) is 7.81. The Morgan fingerprint density at radius 2 is 1.86 bits per heavy atom. The molecule has 156 valence electrons.